The summed E-state index contributed by atoms with van der Waals surface area (Å²) in [6.07, 6.45) is 1.77. The van der Waals surface area contributed by atoms with Crippen molar-refractivity contribution in [3.63, 3.8) is 0 Å². The second kappa shape index (κ2) is 7.38. The van der Waals surface area contributed by atoms with Crippen LogP contribution < -0.4 is 10.1 Å². The van der Waals surface area contributed by atoms with Crippen molar-refractivity contribution in [3.05, 3.63) is 15.9 Å². The Morgan fingerprint density at radius 3 is 2.41 bits per heavy atom. The summed E-state index contributed by atoms with van der Waals surface area (Å²) in [6, 6.07) is 0. The Morgan fingerprint density at radius 1 is 1.32 bits per heavy atom. The second-order valence-corrected chi connectivity index (χ2v) is 6.57. The van der Waals surface area contributed by atoms with Crippen LogP contribution in [0.25, 0.3) is 0 Å². The zero-order valence-corrected chi connectivity index (χ0v) is 14.3. The Bertz CT molecular complexity index is 524. The van der Waals surface area contributed by atoms with E-state index in [1.807, 2.05) is 41.5 Å². The van der Waals surface area contributed by atoms with Crippen LogP contribution in [0.15, 0.2) is 0 Å². The molecule has 0 aliphatic heterocycles. The molecule has 0 fully saturated rings. The number of anilines is 1. The molecule has 0 saturated heterocycles. The monoisotopic (exact) mass is 310 g/mol. The summed E-state index contributed by atoms with van der Waals surface area (Å²) in [5, 5.41) is 14.5. The highest BCUT2D eigenvalue weighted by Crippen LogP contribution is 2.34. The molecule has 0 aromatic carbocycles. The van der Waals surface area contributed by atoms with Gasteiger partial charge in [-0.1, -0.05) is 27.2 Å². The van der Waals surface area contributed by atoms with E-state index in [1.165, 1.54) is 0 Å². The molecular weight excluding hydrogens is 284 g/mol. The van der Waals surface area contributed by atoms with E-state index in [0.717, 1.165) is 12.8 Å². The van der Waals surface area contributed by atoms with Gasteiger partial charge in [-0.25, -0.2) is 4.98 Å². The number of aromatic nitrogens is 2. The molecule has 0 aliphatic carbocycles. The smallest absolute Gasteiger partial charge is 0.372 e. The zero-order chi connectivity index (χ0) is 16.9. The predicted molar refractivity (Wildman–Crippen MR) is 86.6 cm³/mol. The third-order valence-corrected chi connectivity index (χ3v) is 2.80. The summed E-state index contributed by atoms with van der Waals surface area (Å²) in [5.41, 5.74) is -0.552. The highest BCUT2D eigenvalue weighted by atomic mass is 16.6. The van der Waals surface area contributed by atoms with E-state index in [0.29, 0.717) is 12.4 Å². The zero-order valence-electron chi connectivity index (χ0n) is 14.3. The lowest BCUT2D eigenvalue weighted by atomic mass is 10.1. The normalized spacial score (nSPS) is 11.6. The first kappa shape index (κ1) is 18.1. The molecule has 7 nitrogen and oxygen atoms in total. The van der Waals surface area contributed by atoms with Crippen molar-refractivity contribution in [3.8, 4) is 5.88 Å². The summed E-state index contributed by atoms with van der Waals surface area (Å²) >= 11 is 0. The van der Waals surface area contributed by atoms with Gasteiger partial charge in [0, 0.05) is 11.5 Å². The topological polar surface area (TPSA) is 90.2 Å². The first-order valence-corrected chi connectivity index (χ1v) is 7.63. The molecule has 0 aliphatic rings. The molecule has 1 aromatic heterocycles. The predicted octanol–water partition coefficient (Wildman–Crippen LogP) is 3.90. The summed E-state index contributed by atoms with van der Waals surface area (Å²) in [6.45, 7) is 12.1. The average molecular weight is 310 g/mol. The minimum atomic E-state index is -0.487. The number of unbranched alkanes of at least 4 members (excludes halogenated alkanes) is 1. The van der Waals surface area contributed by atoms with Crippen molar-refractivity contribution in [2.45, 2.75) is 65.8 Å². The molecule has 1 heterocycles. The van der Waals surface area contributed by atoms with Crippen molar-refractivity contribution in [2.24, 2.45) is 0 Å². The molecule has 0 spiro atoms. The fourth-order valence-electron chi connectivity index (χ4n) is 1.73. The lowest BCUT2D eigenvalue weighted by Crippen LogP contribution is -2.28. The molecule has 0 radical (unpaired) electrons. The molecule has 0 saturated carbocycles. The quantitative estimate of drug-likeness (QED) is 0.466. The molecule has 1 rings (SSSR count). The number of nitrogens with zero attached hydrogens (tertiary/aromatic N) is 3. The summed E-state index contributed by atoms with van der Waals surface area (Å²) < 4.78 is 5.55. The number of nitro groups is 1. The van der Waals surface area contributed by atoms with E-state index < -0.39 is 4.92 Å². The van der Waals surface area contributed by atoms with Crippen LogP contribution >= 0.6 is 0 Å². The minimum Gasteiger partial charge on any atom is -0.473 e. The highest BCUT2D eigenvalue weighted by molar-refractivity contribution is 5.62. The van der Waals surface area contributed by atoms with Crippen molar-refractivity contribution in [1.82, 2.24) is 9.97 Å². The van der Waals surface area contributed by atoms with Crippen molar-refractivity contribution in [1.29, 1.82) is 0 Å². The fraction of sp³-hybridized carbons (Fsp3) is 0.733. The van der Waals surface area contributed by atoms with Crippen molar-refractivity contribution < 1.29 is 9.66 Å². The second-order valence-electron chi connectivity index (χ2n) is 6.57. The maximum Gasteiger partial charge on any atom is 0.372 e. The van der Waals surface area contributed by atoms with Crippen molar-refractivity contribution >= 4 is 11.5 Å². The number of rotatable bonds is 7. The Balaban J connectivity index is 3.34. The van der Waals surface area contributed by atoms with Gasteiger partial charge in [-0.3, -0.25) is 10.1 Å². The maximum absolute atomic E-state index is 11.4. The third kappa shape index (κ3) is 5.13. The van der Waals surface area contributed by atoms with Gasteiger partial charge in [0.25, 0.3) is 5.88 Å². The molecule has 7 heteroatoms. The van der Waals surface area contributed by atoms with E-state index in [9.17, 15) is 10.1 Å². The van der Waals surface area contributed by atoms with Crippen LogP contribution in [0.3, 0.4) is 0 Å². The largest absolute Gasteiger partial charge is 0.473 e. The Labute approximate surface area is 131 Å². The van der Waals surface area contributed by atoms with E-state index in [1.54, 1.807) is 0 Å². The molecule has 0 atom stereocenters. The lowest BCUT2D eigenvalue weighted by Gasteiger charge is -2.22. The van der Waals surface area contributed by atoms with Gasteiger partial charge in [-0.15, -0.1) is 0 Å². The molecule has 0 amide bonds. The van der Waals surface area contributed by atoms with Gasteiger partial charge in [0.05, 0.1) is 11.5 Å². The van der Waals surface area contributed by atoms with Crippen LogP contribution in [0.5, 0.6) is 5.88 Å². The van der Waals surface area contributed by atoms with Gasteiger partial charge in [-0.2, -0.15) is 4.98 Å². The van der Waals surface area contributed by atoms with Crippen LogP contribution in [0.4, 0.5) is 11.5 Å². The molecule has 1 aromatic rings. The first-order valence-electron chi connectivity index (χ1n) is 7.63. The van der Waals surface area contributed by atoms with Crippen LogP contribution in [0.1, 0.15) is 66.1 Å². The molecule has 22 heavy (non-hydrogen) atoms. The molecule has 0 bridgehead atoms. The summed E-state index contributed by atoms with van der Waals surface area (Å²) in [4.78, 5) is 19.5. The molecule has 0 unspecified atom stereocenters. The van der Waals surface area contributed by atoms with E-state index >= 15 is 0 Å². The highest BCUT2D eigenvalue weighted by Gasteiger charge is 2.29. The summed E-state index contributed by atoms with van der Waals surface area (Å²) in [5.74, 6) is 0.838. The van der Waals surface area contributed by atoms with Gasteiger partial charge in [0.2, 0.25) is 5.82 Å². The Kier molecular flexibility index (Phi) is 6.08. The molecule has 1 N–H and O–H groups in total. The lowest BCUT2D eigenvalue weighted by molar-refractivity contribution is -0.385. The maximum atomic E-state index is 11.4. The van der Waals surface area contributed by atoms with E-state index in [-0.39, 0.29) is 28.8 Å². The van der Waals surface area contributed by atoms with Gasteiger partial charge >= 0.3 is 5.69 Å². The fourth-order valence-corrected chi connectivity index (χ4v) is 1.73. The van der Waals surface area contributed by atoms with Gasteiger partial charge in [0.15, 0.2) is 0 Å². The Hall–Kier alpha value is -1.92. The van der Waals surface area contributed by atoms with Gasteiger partial charge < -0.3 is 10.1 Å². The van der Waals surface area contributed by atoms with E-state index in [2.05, 4.69) is 15.3 Å². The minimum absolute atomic E-state index is 0.0453. The van der Waals surface area contributed by atoms with Gasteiger partial charge in [-0.05, 0) is 27.2 Å². The third-order valence-electron chi connectivity index (χ3n) is 2.80. The van der Waals surface area contributed by atoms with Gasteiger partial charge in [0.1, 0.15) is 5.82 Å². The number of ether oxygens (including phenoxy) is 1. The standard InChI is InChI=1S/C15H26N4O3/c1-7-8-9-22-14-11(19(20)21)13(18-15(4,5)6)16-12(17-14)10(2)3/h10H,7-9H2,1-6H3,(H,16,17,18). The number of hydrogen-bond donors (Lipinski definition) is 1. The molecular formula is C15H26N4O3. The number of nitrogens with one attached hydrogen (secondary N) is 1. The molecule has 124 valence electrons. The van der Waals surface area contributed by atoms with Crippen molar-refractivity contribution in [2.75, 3.05) is 11.9 Å². The van der Waals surface area contributed by atoms with Crippen LogP contribution in [0, 0.1) is 10.1 Å². The Morgan fingerprint density at radius 2 is 1.95 bits per heavy atom. The van der Waals surface area contributed by atoms with E-state index in [4.69, 9.17) is 4.74 Å². The summed E-state index contributed by atoms with van der Waals surface area (Å²) in [7, 11) is 0. The van der Waals surface area contributed by atoms with Crippen LogP contribution in [-0.2, 0) is 0 Å². The van der Waals surface area contributed by atoms with Crippen LogP contribution in [-0.4, -0.2) is 27.0 Å². The first-order chi connectivity index (χ1) is 10.2. The van der Waals surface area contributed by atoms with Crippen LogP contribution in [0.2, 0.25) is 0 Å². The number of hydrogen-bond acceptors (Lipinski definition) is 6. The average Bonchev–Trinajstić information content (AvgIpc) is 2.36. The SMILES string of the molecule is CCCCOc1nc(C(C)C)nc(NC(C)(C)C)c1[N+](=O)[O-].